The maximum Gasteiger partial charge on any atom is 0.417 e. The van der Waals surface area contributed by atoms with Crippen LogP contribution in [-0.2, 0) is 18.0 Å². The fourth-order valence-electron chi connectivity index (χ4n) is 2.25. The predicted octanol–water partition coefficient (Wildman–Crippen LogP) is 5.60. The molecule has 2 nitrogen and oxygen atoms in total. The van der Waals surface area contributed by atoms with Crippen molar-refractivity contribution in [2.75, 3.05) is 5.75 Å². The minimum absolute atomic E-state index is 0.151. The number of aromatic nitrogens is 1. The molecule has 0 radical (unpaired) electrons. The van der Waals surface area contributed by atoms with Crippen LogP contribution in [0.1, 0.15) is 43.2 Å². The van der Waals surface area contributed by atoms with Gasteiger partial charge in [-0.25, -0.2) is 4.98 Å². The number of benzene rings is 1. The van der Waals surface area contributed by atoms with Gasteiger partial charge < -0.3 is 0 Å². The molecule has 0 aliphatic rings. The summed E-state index contributed by atoms with van der Waals surface area (Å²) in [5.41, 5.74) is -0.406. The number of rotatable bonds is 4. The first kappa shape index (κ1) is 19.3. The highest BCUT2D eigenvalue weighted by atomic mass is 32.2. The van der Waals surface area contributed by atoms with Crippen LogP contribution in [0.15, 0.2) is 41.4 Å². The molecule has 6 heteroatoms. The third kappa shape index (κ3) is 4.99. The van der Waals surface area contributed by atoms with Gasteiger partial charge in [-0.15, -0.1) is 11.8 Å². The van der Waals surface area contributed by atoms with Crippen molar-refractivity contribution in [1.29, 1.82) is 5.26 Å². The Hall–Kier alpha value is -2.00. The van der Waals surface area contributed by atoms with Crippen molar-refractivity contribution in [2.45, 2.75) is 43.8 Å². The van der Waals surface area contributed by atoms with Gasteiger partial charge in [-0.1, -0.05) is 51.1 Å². The Kier molecular flexibility index (Phi) is 5.79. The third-order valence-corrected chi connectivity index (χ3v) is 4.62. The van der Waals surface area contributed by atoms with Gasteiger partial charge in [0.1, 0.15) is 11.1 Å². The summed E-state index contributed by atoms with van der Waals surface area (Å²) in [7, 11) is 0. The zero-order valence-corrected chi connectivity index (χ0v) is 15.1. The molecule has 2 rings (SSSR count). The van der Waals surface area contributed by atoms with E-state index in [0.29, 0.717) is 17.9 Å². The first-order chi connectivity index (χ1) is 11.6. The fourth-order valence-corrected chi connectivity index (χ4v) is 3.25. The Balaban J connectivity index is 2.36. The van der Waals surface area contributed by atoms with Crippen LogP contribution in [0.25, 0.3) is 0 Å². The van der Waals surface area contributed by atoms with Gasteiger partial charge in [-0.05, 0) is 18.1 Å². The van der Waals surface area contributed by atoms with Crippen LogP contribution in [0.4, 0.5) is 13.2 Å². The molecule has 25 heavy (non-hydrogen) atoms. The molecule has 0 bridgehead atoms. The highest BCUT2D eigenvalue weighted by Crippen LogP contribution is 2.38. The van der Waals surface area contributed by atoms with Crippen LogP contribution in [-0.4, -0.2) is 10.7 Å². The van der Waals surface area contributed by atoms with E-state index < -0.39 is 22.7 Å². The number of halogens is 3. The smallest absolute Gasteiger partial charge is 0.245 e. The van der Waals surface area contributed by atoms with E-state index in [1.165, 1.54) is 11.8 Å². The summed E-state index contributed by atoms with van der Waals surface area (Å²) in [5.74, 6) is 0.552. The topological polar surface area (TPSA) is 36.7 Å². The predicted molar refractivity (Wildman–Crippen MR) is 93.5 cm³/mol. The van der Waals surface area contributed by atoms with E-state index in [2.05, 4.69) is 4.98 Å². The molecule has 0 atom stereocenters. The lowest BCUT2D eigenvalue weighted by atomic mass is 9.90. The van der Waals surface area contributed by atoms with E-state index in [1.54, 1.807) is 26.8 Å². The Labute approximate surface area is 150 Å². The van der Waals surface area contributed by atoms with Crippen molar-refractivity contribution in [3.8, 4) is 6.07 Å². The Morgan fingerprint density at radius 2 is 1.76 bits per heavy atom. The maximum absolute atomic E-state index is 13.4. The molecule has 0 N–H and O–H groups in total. The van der Waals surface area contributed by atoms with Crippen LogP contribution in [0, 0.1) is 11.3 Å². The monoisotopic (exact) mass is 364 g/mol. The molecular formula is C19H19F3N2S. The van der Waals surface area contributed by atoms with Gasteiger partial charge in [0.2, 0.25) is 0 Å². The van der Waals surface area contributed by atoms with Gasteiger partial charge in [-0.3, -0.25) is 0 Å². The summed E-state index contributed by atoms with van der Waals surface area (Å²) < 4.78 is 40.1. The highest BCUT2D eigenvalue weighted by Gasteiger charge is 2.37. The lowest BCUT2D eigenvalue weighted by Crippen LogP contribution is -2.18. The summed E-state index contributed by atoms with van der Waals surface area (Å²) in [4.78, 5) is 4.36. The van der Waals surface area contributed by atoms with Crippen LogP contribution in [0.5, 0.6) is 0 Å². The summed E-state index contributed by atoms with van der Waals surface area (Å²) in [6, 6.07) is 12.4. The molecule has 1 heterocycles. The van der Waals surface area contributed by atoms with E-state index in [9.17, 15) is 18.4 Å². The second-order valence-electron chi connectivity index (χ2n) is 6.68. The third-order valence-electron chi connectivity index (χ3n) is 3.64. The second-order valence-corrected chi connectivity index (χ2v) is 7.76. The summed E-state index contributed by atoms with van der Waals surface area (Å²) in [5, 5.41) is 9.42. The van der Waals surface area contributed by atoms with Crippen LogP contribution >= 0.6 is 11.8 Å². The molecule has 0 fully saturated rings. The standard InChI is InChI=1S/C19H19F3N2S/c1-18(2,3)16-11-15(19(20,21)22)14(12-23)17(24-16)25-10-9-13-7-5-4-6-8-13/h4-8,11H,9-10H2,1-3H3. The Morgan fingerprint density at radius 3 is 2.28 bits per heavy atom. The fraction of sp³-hybridized carbons (Fsp3) is 0.368. The number of alkyl halides is 3. The average molecular weight is 364 g/mol. The van der Waals surface area contributed by atoms with E-state index in [4.69, 9.17) is 0 Å². The van der Waals surface area contributed by atoms with E-state index in [-0.39, 0.29) is 5.03 Å². The van der Waals surface area contributed by atoms with Gasteiger partial charge in [-0.2, -0.15) is 18.4 Å². The molecule has 0 unspecified atom stereocenters. The lowest BCUT2D eigenvalue weighted by molar-refractivity contribution is -0.138. The molecule has 0 amide bonds. The van der Waals surface area contributed by atoms with Gasteiger partial charge in [0.25, 0.3) is 0 Å². The molecule has 0 spiro atoms. The molecule has 0 aliphatic heterocycles. The Bertz CT molecular complexity index is 772. The van der Waals surface area contributed by atoms with Gasteiger partial charge >= 0.3 is 6.18 Å². The van der Waals surface area contributed by atoms with Crippen molar-refractivity contribution < 1.29 is 13.2 Å². The molecule has 1 aromatic heterocycles. The van der Waals surface area contributed by atoms with Gasteiger partial charge in [0.15, 0.2) is 0 Å². The zero-order valence-electron chi connectivity index (χ0n) is 14.3. The Morgan fingerprint density at radius 1 is 1.12 bits per heavy atom. The number of pyridine rings is 1. The minimum atomic E-state index is -4.58. The number of aryl methyl sites for hydroxylation is 1. The minimum Gasteiger partial charge on any atom is -0.245 e. The summed E-state index contributed by atoms with van der Waals surface area (Å²) in [6.07, 6.45) is -3.89. The van der Waals surface area contributed by atoms with Crippen LogP contribution < -0.4 is 0 Å². The van der Waals surface area contributed by atoms with Crippen molar-refractivity contribution in [3.05, 3.63) is 58.8 Å². The number of nitrogens with zero attached hydrogens (tertiary/aromatic N) is 2. The molecule has 0 aliphatic carbocycles. The molecule has 1 aromatic carbocycles. The van der Waals surface area contributed by atoms with Crippen molar-refractivity contribution >= 4 is 11.8 Å². The van der Waals surface area contributed by atoms with Crippen LogP contribution in [0.2, 0.25) is 0 Å². The molecule has 0 saturated heterocycles. The second kappa shape index (κ2) is 7.49. The SMILES string of the molecule is CC(C)(C)c1cc(C(F)(F)F)c(C#N)c(SCCc2ccccc2)n1. The van der Waals surface area contributed by atoms with Crippen molar-refractivity contribution in [1.82, 2.24) is 4.98 Å². The lowest BCUT2D eigenvalue weighted by Gasteiger charge is -2.21. The van der Waals surface area contributed by atoms with Gasteiger partial charge in [0.05, 0.1) is 11.1 Å². The number of nitriles is 1. The first-order valence-corrected chi connectivity index (χ1v) is 8.81. The molecule has 2 aromatic rings. The summed E-state index contributed by atoms with van der Waals surface area (Å²) in [6.45, 7) is 5.42. The number of thioether (sulfide) groups is 1. The number of hydrogen-bond acceptors (Lipinski definition) is 3. The maximum atomic E-state index is 13.4. The average Bonchev–Trinajstić information content (AvgIpc) is 2.53. The zero-order chi connectivity index (χ0) is 18.7. The van der Waals surface area contributed by atoms with E-state index in [0.717, 1.165) is 11.6 Å². The number of hydrogen-bond donors (Lipinski definition) is 0. The van der Waals surface area contributed by atoms with Crippen LogP contribution in [0.3, 0.4) is 0 Å². The molecule has 0 saturated carbocycles. The molecule has 132 valence electrons. The molecular weight excluding hydrogens is 345 g/mol. The van der Waals surface area contributed by atoms with E-state index >= 15 is 0 Å². The largest absolute Gasteiger partial charge is 0.417 e. The normalized spacial score (nSPS) is 12.0. The first-order valence-electron chi connectivity index (χ1n) is 7.82. The highest BCUT2D eigenvalue weighted by molar-refractivity contribution is 7.99. The quantitative estimate of drug-likeness (QED) is 0.662. The van der Waals surface area contributed by atoms with E-state index in [1.807, 2.05) is 30.3 Å². The van der Waals surface area contributed by atoms with Gasteiger partial charge in [0, 0.05) is 16.9 Å². The summed E-state index contributed by atoms with van der Waals surface area (Å²) >= 11 is 1.19. The van der Waals surface area contributed by atoms with Crippen molar-refractivity contribution in [3.63, 3.8) is 0 Å². The van der Waals surface area contributed by atoms with Crippen molar-refractivity contribution in [2.24, 2.45) is 0 Å².